The number of halogens is 1. The summed E-state index contributed by atoms with van der Waals surface area (Å²) in [4.78, 5) is 13.8. The number of ether oxygens (including phenoxy) is 1. The van der Waals surface area contributed by atoms with Crippen LogP contribution in [0.1, 0.15) is 25.5 Å². The molecule has 0 spiro atoms. The van der Waals surface area contributed by atoms with E-state index in [-0.39, 0.29) is 24.0 Å². The van der Waals surface area contributed by atoms with Gasteiger partial charge in [-0.05, 0) is 30.9 Å². The van der Waals surface area contributed by atoms with Crippen LogP contribution in [0, 0.1) is 5.92 Å². The fourth-order valence-corrected chi connectivity index (χ4v) is 3.90. The fraction of sp³-hybridized carbons (Fsp3) is 0.714. The molecule has 0 aliphatic carbocycles. The van der Waals surface area contributed by atoms with E-state index in [1.165, 1.54) is 0 Å². The minimum absolute atomic E-state index is 0. The molecule has 7 nitrogen and oxygen atoms in total. The molecule has 2 saturated heterocycles. The Balaban J connectivity index is 0.00000300. The molecule has 2 fully saturated rings. The molecular weight excluding hydrogens is 479 g/mol. The molecule has 29 heavy (non-hydrogen) atoms. The molecule has 8 heteroatoms. The van der Waals surface area contributed by atoms with Gasteiger partial charge in [-0.15, -0.1) is 24.0 Å². The molecule has 1 aromatic heterocycles. The Hall–Kier alpha value is -0.970. The average Bonchev–Trinajstić information content (AvgIpc) is 2.74. The monoisotopic (exact) mass is 516 g/mol. The van der Waals surface area contributed by atoms with Crippen molar-refractivity contribution in [3.8, 4) is 0 Å². The van der Waals surface area contributed by atoms with E-state index >= 15 is 0 Å². The van der Waals surface area contributed by atoms with Crippen molar-refractivity contribution >= 4 is 29.9 Å². The number of nitrogens with zero attached hydrogens (tertiary/aromatic N) is 4. The summed E-state index contributed by atoms with van der Waals surface area (Å²) in [6.07, 6.45) is 4.15. The highest BCUT2D eigenvalue weighted by molar-refractivity contribution is 14.0. The van der Waals surface area contributed by atoms with Gasteiger partial charge in [0, 0.05) is 65.1 Å². The van der Waals surface area contributed by atoms with Crippen molar-refractivity contribution in [1.29, 1.82) is 0 Å². The van der Waals surface area contributed by atoms with Gasteiger partial charge in [0.1, 0.15) is 0 Å². The van der Waals surface area contributed by atoms with Crippen LogP contribution in [-0.2, 0) is 11.3 Å². The first-order valence-electron chi connectivity index (χ1n) is 10.6. The van der Waals surface area contributed by atoms with Gasteiger partial charge in [0.15, 0.2) is 5.96 Å². The van der Waals surface area contributed by atoms with Crippen LogP contribution in [0.2, 0.25) is 0 Å². The number of hydrogen-bond acceptors (Lipinski definition) is 5. The minimum Gasteiger partial charge on any atom is -0.379 e. The molecule has 0 bridgehead atoms. The highest BCUT2D eigenvalue weighted by atomic mass is 127. The molecule has 0 amide bonds. The van der Waals surface area contributed by atoms with Crippen LogP contribution in [0.4, 0.5) is 0 Å². The Morgan fingerprint density at radius 1 is 1.21 bits per heavy atom. The maximum atomic E-state index is 5.43. The Morgan fingerprint density at radius 2 is 1.97 bits per heavy atom. The van der Waals surface area contributed by atoms with Crippen molar-refractivity contribution in [2.24, 2.45) is 10.9 Å². The number of guanidine groups is 1. The van der Waals surface area contributed by atoms with Gasteiger partial charge in [0.05, 0.1) is 18.9 Å². The first-order valence-corrected chi connectivity index (χ1v) is 10.6. The van der Waals surface area contributed by atoms with E-state index in [0.717, 1.165) is 83.5 Å². The number of morpholine rings is 1. The summed E-state index contributed by atoms with van der Waals surface area (Å²) >= 11 is 0. The maximum absolute atomic E-state index is 5.43. The number of piperidine rings is 1. The van der Waals surface area contributed by atoms with Crippen LogP contribution < -0.4 is 10.6 Å². The second-order valence-corrected chi connectivity index (χ2v) is 7.99. The van der Waals surface area contributed by atoms with E-state index in [9.17, 15) is 0 Å². The van der Waals surface area contributed by atoms with Crippen LogP contribution in [0.3, 0.4) is 0 Å². The summed E-state index contributed by atoms with van der Waals surface area (Å²) in [5.74, 6) is 1.51. The molecule has 0 radical (unpaired) electrons. The van der Waals surface area contributed by atoms with Crippen LogP contribution in [0.5, 0.6) is 0 Å². The summed E-state index contributed by atoms with van der Waals surface area (Å²) in [6.45, 7) is 11.3. The van der Waals surface area contributed by atoms with E-state index in [2.05, 4.69) is 49.5 Å². The van der Waals surface area contributed by atoms with Gasteiger partial charge in [-0.3, -0.25) is 19.8 Å². The third-order valence-corrected chi connectivity index (χ3v) is 5.56. The molecule has 2 aliphatic heterocycles. The number of hydrogen-bond donors (Lipinski definition) is 2. The average molecular weight is 516 g/mol. The molecule has 2 aliphatic rings. The zero-order valence-electron chi connectivity index (χ0n) is 17.8. The molecule has 1 unspecified atom stereocenters. The second-order valence-electron chi connectivity index (χ2n) is 7.99. The van der Waals surface area contributed by atoms with E-state index in [1.807, 2.05) is 19.3 Å². The minimum atomic E-state index is 0. The molecule has 3 heterocycles. The predicted octanol–water partition coefficient (Wildman–Crippen LogP) is 1.80. The third-order valence-electron chi connectivity index (χ3n) is 5.56. The number of likely N-dealkylation sites (tertiary alicyclic amines) is 1. The Labute approximate surface area is 192 Å². The van der Waals surface area contributed by atoms with Crippen LogP contribution in [-0.4, -0.2) is 86.3 Å². The van der Waals surface area contributed by atoms with Gasteiger partial charge in [-0.1, -0.05) is 13.0 Å². The van der Waals surface area contributed by atoms with Crippen LogP contribution in [0.25, 0.3) is 0 Å². The Kier molecular flexibility index (Phi) is 11.2. The SMILES string of the molecule is CN=C(NCC(C)CN1CCOCC1)NC1CCN(Cc2ccccn2)CC1.I. The van der Waals surface area contributed by atoms with Crippen molar-refractivity contribution in [2.45, 2.75) is 32.4 Å². The van der Waals surface area contributed by atoms with Gasteiger partial charge in [-0.25, -0.2) is 0 Å². The summed E-state index contributed by atoms with van der Waals surface area (Å²) < 4.78 is 5.43. The maximum Gasteiger partial charge on any atom is 0.191 e. The van der Waals surface area contributed by atoms with Gasteiger partial charge >= 0.3 is 0 Å². The summed E-state index contributed by atoms with van der Waals surface area (Å²) in [7, 11) is 1.86. The zero-order valence-corrected chi connectivity index (χ0v) is 20.2. The number of pyridine rings is 1. The molecule has 1 aromatic rings. The van der Waals surface area contributed by atoms with Crippen LogP contribution >= 0.6 is 24.0 Å². The van der Waals surface area contributed by atoms with Crippen molar-refractivity contribution in [2.75, 3.05) is 59.5 Å². The van der Waals surface area contributed by atoms with E-state index in [1.54, 1.807) is 0 Å². The molecule has 164 valence electrons. The Morgan fingerprint density at radius 3 is 2.62 bits per heavy atom. The highest BCUT2D eigenvalue weighted by Gasteiger charge is 2.20. The quantitative estimate of drug-likeness (QED) is 0.328. The Bertz CT molecular complexity index is 588. The van der Waals surface area contributed by atoms with Gasteiger partial charge in [-0.2, -0.15) is 0 Å². The molecule has 1 atom stereocenters. The molecule has 3 rings (SSSR count). The lowest BCUT2D eigenvalue weighted by molar-refractivity contribution is 0.0320. The second kappa shape index (κ2) is 13.4. The standard InChI is InChI=1S/C21H36N6O.HI/c1-18(16-27-11-13-28-14-12-27)15-24-21(22-2)25-19-6-9-26(10-7-19)17-20-5-3-4-8-23-20;/h3-5,8,18-19H,6-7,9-17H2,1-2H3,(H2,22,24,25);1H. The molecule has 0 aromatic carbocycles. The van der Waals surface area contributed by atoms with Crippen molar-refractivity contribution in [3.63, 3.8) is 0 Å². The van der Waals surface area contributed by atoms with E-state index < -0.39 is 0 Å². The smallest absolute Gasteiger partial charge is 0.191 e. The number of nitrogens with one attached hydrogen (secondary N) is 2. The van der Waals surface area contributed by atoms with Crippen LogP contribution in [0.15, 0.2) is 29.4 Å². The lowest BCUT2D eigenvalue weighted by atomic mass is 10.0. The highest BCUT2D eigenvalue weighted by Crippen LogP contribution is 2.13. The first kappa shape index (κ1) is 24.3. The lowest BCUT2D eigenvalue weighted by Gasteiger charge is -2.33. The zero-order chi connectivity index (χ0) is 19.6. The molecule has 2 N–H and O–H groups in total. The summed E-state index contributed by atoms with van der Waals surface area (Å²) in [5, 5.41) is 7.13. The summed E-state index contributed by atoms with van der Waals surface area (Å²) in [6, 6.07) is 6.63. The number of aliphatic imine (C=N–C) groups is 1. The van der Waals surface area contributed by atoms with Crippen molar-refractivity contribution in [3.05, 3.63) is 30.1 Å². The first-order chi connectivity index (χ1) is 13.7. The lowest BCUT2D eigenvalue weighted by Crippen LogP contribution is -2.49. The molecular formula is C21H37IN6O. The number of aromatic nitrogens is 1. The third kappa shape index (κ3) is 8.74. The van der Waals surface area contributed by atoms with E-state index in [4.69, 9.17) is 4.74 Å². The fourth-order valence-electron chi connectivity index (χ4n) is 3.90. The van der Waals surface area contributed by atoms with Crippen molar-refractivity contribution < 1.29 is 4.74 Å². The van der Waals surface area contributed by atoms with Crippen molar-refractivity contribution in [1.82, 2.24) is 25.4 Å². The number of rotatable bonds is 7. The molecule has 0 saturated carbocycles. The normalized spacial score (nSPS) is 20.7. The van der Waals surface area contributed by atoms with Gasteiger partial charge in [0.25, 0.3) is 0 Å². The van der Waals surface area contributed by atoms with Gasteiger partial charge in [0.2, 0.25) is 0 Å². The largest absolute Gasteiger partial charge is 0.379 e. The topological polar surface area (TPSA) is 65.0 Å². The predicted molar refractivity (Wildman–Crippen MR) is 129 cm³/mol. The van der Waals surface area contributed by atoms with Gasteiger partial charge < -0.3 is 15.4 Å². The summed E-state index contributed by atoms with van der Waals surface area (Å²) in [5.41, 5.74) is 1.15. The van der Waals surface area contributed by atoms with E-state index in [0.29, 0.717) is 12.0 Å².